The van der Waals surface area contributed by atoms with Gasteiger partial charge in [-0.05, 0) is 20.8 Å². The van der Waals surface area contributed by atoms with Gasteiger partial charge in [0.25, 0.3) is 0 Å². The Hall–Kier alpha value is -1.14. The Morgan fingerprint density at radius 2 is 1.93 bits per heavy atom. The van der Waals surface area contributed by atoms with Crippen LogP contribution in [-0.4, -0.2) is 46.9 Å². The van der Waals surface area contributed by atoms with E-state index < -0.39 is 30.1 Å². The molecule has 0 aromatic carbocycles. The minimum Gasteiger partial charge on any atom is -0.480 e. The number of amides is 1. The van der Waals surface area contributed by atoms with Crippen LogP contribution < -0.4 is 5.32 Å². The van der Waals surface area contributed by atoms with Gasteiger partial charge in [0.05, 0.1) is 12.2 Å². The molecule has 0 aromatic rings. The summed E-state index contributed by atoms with van der Waals surface area (Å²) in [5.74, 6) is -1.84. The van der Waals surface area contributed by atoms with Crippen LogP contribution in [0.5, 0.6) is 0 Å². The van der Waals surface area contributed by atoms with Crippen LogP contribution in [0.4, 0.5) is 0 Å². The van der Waals surface area contributed by atoms with Crippen LogP contribution in [0.25, 0.3) is 0 Å². The summed E-state index contributed by atoms with van der Waals surface area (Å²) in [5.41, 5.74) is -0.463. The van der Waals surface area contributed by atoms with Crippen molar-refractivity contribution in [2.24, 2.45) is 0 Å². The number of aliphatic hydroxyl groups is 1. The summed E-state index contributed by atoms with van der Waals surface area (Å²) < 4.78 is 5.13. The third-order valence-corrected chi connectivity index (χ3v) is 1.45. The van der Waals surface area contributed by atoms with Crippen LogP contribution in [0.1, 0.15) is 20.8 Å². The van der Waals surface area contributed by atoms with Crippen molar-refractivity contribution in [2.75, 3.05) is 13.2 Å². The Bertz CT molecular complexity index is 233. The number of hydrogen-bond acceptors (Lipinski definition) is 4. The quantitative estimate of drug-likeness (QED) is 0.571. The van der Waals surface area contributed by atoms with Crippen LogP contribution in [-0.2, 0) is 14.3 Å². The number of carbonyl (C=O) groups excluding carboxylic acids is 1. The fourth-order valence-electron chi connectivity index (χ4n) is 0.704. The van der Waals surface area contributed by atoms with Crippen molar-refractivity contribution in [2.45, 2.75) is 32.4 Å². The van der Waals surface area contributed by atoms with Gasteiger partial charge >= 0.3 is 5.97 Å². The number of carbonyl (C=O) groups is 2. The van der Waals surface area contributed by atoms with E-state index in [2.05, 4.69) is 5.32 Å². The molecule has 0 rings (SSSR count). The van der Waals surface area contributed by atoms with E-state index >= 15 is 0 Å². The second-order valence-electron chi connectivity index (χ2n) is 4.04. The molecule has 0 heterocycles. The molecule has 0 aromatic heterocycles. The average Bonchev–Trinajstić information content (AvgIpc) is 2.09. The summed E-state index contributed by atoms with van der Waals surface area (Å²) in [6.07, 6.45) is 0. The minimum absolute atomic E-state index is 0.229. The van der Waals surface area contributed by atoms with E-state index in [9.17, 15) is 9.59 Å². The molecule has 88 valence electrons. The van der Waals surface area contributed by atoms with Crippen LogP contribution in [0.15, 0.2) is 0 Å². The maximum atomic E-state index is 11.2. The molecule has 0 spiro atoms. The third-order valence-electron chi connectivity index (χ3n) is 1.45. The number of carboxylic acid groups (broad SMARTS) is 1. The van der Waals surface area contributed by atoms with Crippen molar-refractivity contribution in [3.63, 3.8) is 0 Å². The van der Waals surface area contributed by atoms with Gasteiger partial charge in [-0.2, -0.15) is 0 Å². The van der Waals surface area contributed by atoms with Gasteiger partial charge < -0.3 is 20.3 Å². The molecule has 0 bridgehead atoms. The normalized spacial score (nSPS) is 13.3. The van der Waals surface area contributed by atoms with Gasteiger partial charge in [-0.15, -0.1) is 0 Å². The lowest BCUT2D eigenvalue weighted by molar-refractivity contribution is -0.144. The smallest absolute Gasteiger partial charge is 0.328 e. The maximum absolute atomic E-state index is 11.2. The molecule has 1 atom stereocenters. The standard InChI is InChI=1S/C9H17NO5/c1-9(2,3)15-5-7(12)10-6(4-11)8(13)14/h6,11H,4-5H2,1-3H3,(H,10,12)(H,13,14). The van der Waals surface area contributed by atoms with Crippen molar-refractivity contribution < 1.29 is 24.5 Å². The van der Waals surface area contributed by atoms with Crippen molar-refractivity contribution in [3.8, 4) is 0 Å². The fraction of sp³-hybridized carbons (Fsp3) is 0.778. The van der Waals surface area contributed by atoms with Crippen molar-refractivity contribution in [1.29, 1.82) is 0 Å². The molecule has 6 heteroatoms. The van der Waals surface area contributed by atoms with Crippen LogP contribution in [0, 0.1) is 0 Å². The highest BCUT2D eigenvalue weighted by atomic mass is 16.5. The fourth-order valence-corrected chi connectivity index (χ4v) is 0.704. The van der Waals surface area contributed by atoms with E-state index in [0.717, 1.165) is 0 Å². The first kappa shape index (κ1) is 13.9. The van der Waals surface area contributed by atoms with Gasteiger partial charge in [0.15, 0.2) is 0 Å². The van der Waals surface area contributed by atoms with E-state index in [1.54, 1.807) is 20.8 Å². The highest BCUT2D eigenvalue weighted by Gasteiger charge is 2.20. The monoisotopic (exact) mass is 219 g/mol. The van der Waals surface area contributed by atoms with Gasteiger partial charge in [-0.3, -0.25) is 4.79 Å². The molecule has 0 aliphatic rings. The second kappa shape index (κ2) is 5.67. The average molecular weight is 219 g/mol. The Balaban J connectivity index is 3.98. The first-order valence-electron chi connectivity index (χ1n) is 4.53. The highest BCUT2D eigenvalue weighted by molar-refractivity contribution is 5.84. The number of nitrogens with one attached hydrogen (secondary N) is 1. The summed E-state index contributed by atoms with van der Waals surface area (Å²) >= 11 is 0. The number of hydrogen-bond donors (Lipinski definition) is 3. The topological polar surface area (TPSA) is 95.9 Å². The molecule has 3 N–H and O–H groups in total. The lowest BCUT2D eigenvalue weighted by Gasteiger charge is -2.19. The zero-order valence-electron chi connectivity index (χ0n) is 9.11. The highest BCUT2D eigenvalue weighted by Crippen LogP contribution is 2.05. The van der Waals surface area contributed by atoms with Gasteiger partial charge in [0.1, 0.15) is 12.6 Å². The first-order valence-corrected chi connectivity index (χ1v) is 4.53. The van der Waals surface area contributed by atoms with Crippen molar-refractivity contribution in [1.82, 2.24) is 5.32 Å². The van der Waals surface area contributed by atoms with Crippen LogP contribution >= 0.6 is 0 Å². The molecule has 0 aliphatic heterocycles. The predicted molar refractivity (Wildman–Crippen MR) is 52.4 cm³/mol. The number of rotatable bonds is 5. The minimum atomic E-state index is -1.28. The lowest BCUT2D eigenvalue weighted by Crippen LogP contribution is -2.45. The molecule has 1 amide bonds. The van der Waals surface area contributed by atoms with Crippen molar-refractivity contribution >= 4 is 11.9 Å². The van der Waals surface area contributed by atoms with Crippen LogP contribution in [0.2, 0.25) is 0 Å². The number of carboxylic acids is 1. The van der Waals surface area contributed by atoms with Gasteiger partial charge in [0.2, 0.25) is 5.91 Å². The molecule has 0 saturated carbocycles. The van der Waals surface area contributed by atoms with Gasteiger partial charge in [-0.1, -0.05) is 0 Å². The SMILES string of the molecule is CC(C)(C)OCC(=O)NC(CO)C(=O)O. The molecule has 1 unspecified atom stereocenters. The summed E-state index contributed by atoms with van der Waals surface area (Å²) in [5, 5.41) is 19.3. The van der Waals surface area contributed by atoms with E-state index in [1.807, 2.05) is 0 Å². The van der Waals surface area contributed by atoms with E-state index in [4.69, 9.17) is 14.9 Å². The predicted octanol–water partition coefficient (Wildman–Crippen LogP) is -0.637. The zero-order chi connectivity index (χ0) is 12.1. The zero-order valence-corrected chi connectivity index (χ0v) is 9.11. The molecule has 0 fully saturated rings. The van der Waals surface area contributed by atoms with E-state index in [-0.39, 0.29) is 6.61 Å². The molecular formula is C9H17NO5. The first-order chi connectivity index (χ1) is 6.76. The molecule has 6 nitrogen and oxygen atoms in total. The van der Waals surface area contributed by atoms with Gasteiger partial charge in [-0.25, -0.2) is 4.79 Å². The second-order valence-corrected chi connectivity index (χ2v) is 4.04. The maximum Gasteiger partial charge on any atom is 0.328 e. The largest absolute Gasteiger partial charge is 0.480 e. The van der Waals surface area contributed by atoms with E-state index in [0.29, 0.717) is 0 Å². The third kappa shape index (κ3) is 6.87. The number of aliphatic carboxylic acids is 1. The Morgan fingerprint density at radius 3 is 2.27 bits per heavy atom. The number of aliphatic hydroxyl groups excluding tert-OH is 1. The lowest BCUT2D eigenvalue weighted by atomic mass is 10.2. The summed E-state index contributed by atoms with van der Waals surface area (Å²) in [6.45, 7) is 4.47. The molecule has 0 aliphatic carbocycles. The Labute approximate surface area is 88.2 Å². The van der Waals surface area contributed by atoms with Crippen LogP contribution in [0.3, 0.4) is 0 Å². The molecule has 0 radical (unpaired) electrons. The molecule has 15 heavy (non-hydrogen) atoms. The Kier molecular flexibility index (Phi) is 5.24. The molecule has 0 saturated heterocycles. The van der Waals surface area contributed by atoms with Crippen molar-refractivity contribution in [3.05, 3.63) is 0 Å². The summed E-state index contributed by atoms with van der Waals surface area (Å²) in [6, 6.07) is -1.28. The molecular weight excluding hydrogens is 202 g/mol. The van der Waals surface area contributed by atoms with E-state index in [1.165, 1.54) is 0 Å². The summed E-state index contributed by atoms with van der Waals surface area (Å²) in [7, 11) is 0. The Morgan fingerprint density at radius 1 is 1.40 bits per heavy atom. The van der Waals surface area contributed by atoms with Gasteiger partial charge in [0, 0.05) is 0 Å². The number of ether oxygens (including phenoxy) is 1. The summed E-state index contributed by atoms with van der Waals surface area (Å²) in [4.78, 5) is 21.6.